The van der Waals surface area contributed by atoms with Crippen molar-refractivity contribution in [3.8, 4) is 0 Å². The highest BCUT2D eigenvalue weighted by Gasteiger charge is 2.42. The minimum atomic E-state index is -0.231. The van der Waals surface area contributed by atoms with E-state index >= 15 is 0 Å². The van der Waals surface area contributed by atoms with Crippen molar-refractivity contribution in [3.05, 3.63) is 36.4 Å². The molecule has 0 aromatic heterocycles. The second kappa shape index (κ2) is 5.80. The Kier molecular flexibility index (Phi) is 4.12. The molecule has 1 aromatic carbocycles. The maximum Gasteiger partial charge on any atom is 0.241 e. The number of nitrogens with one attached hydrogen (secondary N) is 3. The third kappa shape index (κ3) is 3.05. The van der Waals surface area contributed by atoms with Gasteiger partial charge in [0.25, 0.3) is 0 Å². The van der Waals surface area contributed by atoms with Crippen molar-refractivity contribution in [2.24, 2.45) is 0 Å². The van der Waals surface area contributed by atoms with Crippen molar-refractivity contribution in [3.63, 3.8) is 0 Å². The van der Waals surface area contributed by atoms with Gasteiger partial charge in [0.1, 0.15) is 5.54 Å². The molecular weight excluding hydrogens is 214 g/mol. The standard InChI is InChI=1S/C7H13N3O.C6H6/c11-6-7(10-5-9-6)1-3-8-4-2-7;1-2-4-6-5-3-1/h8,10H,1-5H2,(H,9,11);1-6H. The molecule has 4 heteroatoms. The van der Waals surface area contributed by atoms with Gasteiger partial charge in [-0.2, -0.15) is 0 Å². The van der Waals surface area contributed by atoms with Crippen molar-refractivity contribution in [1.29, 1.82) is 0 Å². The Balaban J connectivity index is 0.000000153. The molecule has 0 saturated carbocycles. The average Bonchev–Trinajstić information content (AvgIpc) is 2.75. The fourth-order valence-electron chi connectivity index (χ4n) is 2.19. The van der Waals surface area contributed by atoms with Gasteiger partial charge in [0.05, 0.1) is 6.67 Å². The van der Waals surface area contributed by atoms with Crippen LogP contribution in [0.5, 0.6) is 0 Å². The van der Waals surface area contributed by atoms with Gasteiger partial charge in [0, 0.05) is 0 Å². The monoisotopic (exact) mass is 233 g/mol. The van der Waals surface area contributed by atoms with Gasteiger partial charge in [0.2, 0.25) is 5.91 Å². The van der Waals surface area contributed by atoms with Crippen LogP contribution in [-0.2, 0) is 4.79 Å². The molecule has 17 heavy (non-hydrogen) atoms. The van der Waals surface area contributed by atoms with E-state index in [1.807, 2.05) is 36.4 Å². The zero-order chi connectivity index (χ0) is 12.0. The van der Waals surface area contributed by atoms with E-state index < -0.39 is 0 Å². The number of rotatable bonds is 0. The lowest BCUT2D eigenvalue weighted by Crippen LogP contribution is -2.53. The Morgan fingerprint density at radius 1 is 0.941 bits per heavy atom. The molecule has 1 aromatic rings. The van der Waals surface area contributed by atoms with Gasteiger partial charge in [-0.05, 0) is 25.9 Å². The van der Waals surface area contributed by atoms with Gasteiger partial charge in [-0.25, -0.2) is 0 Å². The lowest BCUT2D eigenvalue weighted by Gasteiger charge is -2.30. The van der Waals surface area contributed by atoms with Crippen LogP contribution in [0.4, 0.5) is 0 Å². The molecule has 92 valence electrons. The number of carbonyl (C=O) groups is 1. The normalized spacial score (nSPS) is 21.5. The topological polar surface area (TPSA) is 53.2 Å². The van der Waals surface area contributed by atoms with E-state index in [1.54, 1.807) is 0 Å². The predicted octanol–water partition coefficient (Wildman–Crippen LogP) is 0.472. The van der Waals surface area contributed by atoms with E-state index in [2.05, 4.69) is 16.0 Å². The molecule has 1 amide bonds. The first-order valence-electron chi connectivity index (χ1n) is 6.08. The summed E-state index contributed by atoms with van der Waals surface area (Å²) in [6, 6.07) is 12.0. The highest BCUT2D eigenvalue weighted by atomic mass is 16.2. The average molecular weight is 233 g/mol. The van der Waals surface area contributed by atoms with E-state index in [0.29, 0.717) is 6.67 Å². The Bertz CT molecular complexity index is 320. The smallest absolute Gasteiger partial charge is 0.241 e. The molecule has 2 saturated heterocycles. The molecule has 3 N–H and O–H groups in total. The van der Waals surface area contributed by atoms with Gasteiger partial charge in [-0.1, -0.05) is 36.4 Å². The molecule has 0 unspecified atom stereocenters. The number of piperidine rings is 1. The molecule has 2 fully saturated rings. The second-order valence-electron chi connectivity index (χ2n) is 4.35. The fraction of sp³-hybridized carbons (Fsp3) is 0.462. The fourth-order valence-corrected chi connectivity index (χ4v) is 2.19. The van der Waals surface area contributed by atoms with Crippen LogP contribution in [0.2, 0.25) is 0 Å². The summed E-state index contributed by atoms with van der Waals surface area (Å²) in [6.07, 6.45) is 1.83. The summed E-state index contributed by atoms with van der Waals surface area (Å²) < 4.78 is 0. The Labute approximate surface area is 102 Å². The van der Waals surface area contributed by atoms with E-state index in [-0.39, 0.29) is 11.4 Å². The van der Waals surface area contributed by atoms with Crippen LogP contribution >= 0.6 is 0 Å². The molecule has 2 aliphatic rings. The van der Waals surface area contributed by atoms with Crippen molar-refractivity contribution in [1.82, 2.24) is 16.0 Å². The maximum atomic E-state index is 11.3. The minimum Gasteiger partial charge on any atom is -0.342 e. The van der Waals surface area contributed by atoms with Crippen LogP contribution < -0.4 is 16.0 Å². The Morgan fingerprint density at radius 2 is 1.47 bits per heavy atom. The van der Waals surface area contributed by atoms with Gasteiger partial charge >= 0.3 is 0 Å². The van der Waals surface area contributed by atoms with Crippen molar-refractivity contribution in [2.45, 2.75) is 18.4 Å². The molecule has 4 nitrogen and oxygen atoms in total. The second-order valence-corrected chi connectivity index (χ2v) is 4.35. The third-order valence-electron chi connectivity index (χ3n) is 3.23. The van der Waals surface area contributed by atoms with Crippen LogP contribution in [-0.4, -0.2) is 31.2 Å². The first-order valence-corrected chi connectivity index (χ1v) is 6.08. The van der Waals surface area contributed by atoms with Crippen LogP contribution in [0, 0.1) is 0 Å². The molecule has 0 atom stereocenters. The molecule has 2 heterocycles. The molecule has 2 aliphatic heterocycles. The minimum absolute atomic E-state index is 0.180. The Morgan fingerprint density at radius 3 is 1.88 bits per heavy atom. The van der Waals surface area contributed by atoms with Crippen molar-refractivity contribution >= 4 is 5.91 Å². The SMILES string of the molecule is O=C1NCNC12CCNCC2.c1ccccc1. The number of hydrogen-bond acceptors (Lipinski definition) is 3. The summed E-state index contributed by atoms with van der Waals surface area (Å²) in [5.74, 6) is 0.180. The van der Waals surface area contributed by atoms with Crippen LogP contribution in [0.3, 0.4) is 0 Å². The lowest BCUT2D eigenvalue weighted by atomic mass is 9.89. The van der Waals surface area contributed by atoms with E-state index in [4.69, 9.17) is 0 Å². The number of hydrogen-bond donors (Lipinski definition) is 3. The van der Waals surface area contributed by atoms with E-state index in [1.165, 1.54) is 0 Å². The van der Waals surface area contributed by atoms with E-state index in [0.717, 1.165) is 25.9 Å². The van der Waals surface area contributed by atoms with Crippen LogP contribution in [0.15, 0.2) is 36.4 Å². The lowest BCUT2D eigenvalue weighted by molar-refractivity contribution is -0.124. The van der Waals surface area contributed by atoms with Crippen molar-refractivity contribution in [2.75, 3.05) is 19.8 Å². The summed E-state index contributed by atoms with van der Waals surface area (Å²) in [4.78, 5) is 11.3. The highest BCUT2D eigenvalue weighted by molar-refractivity contribution is 5.88. The number of carbonyl (C=O) groups excluding carboxylic acids is 1. The molecular formula is C13H19N3O. The van der Waals surface area contributed by atoms with Crippen LogP contribution in [0.1, 0.15) is 12.8 Å². The molecule has 0 radical (unpaired) electrons. The largest absolute Gasteiger partial charge is 0.342 e. The third-order valence-corrected chi connectivity index (χ3v) is 3.23. The van der Waals surface area contributed by atoms with Crippen molar-refractivity contribution < 1.29 is 4.79 Å². The molecule has 0 bridgehead atoms. The maximum absolute atomic E-state index is 11.3. The summed E-state index contributed by atoms with van der Waals surface area (Å²) in [5.41, 5.74) is -0.231. The summed E-state index contributed by atoms with van der Waals surface area (Å²) in [6.45, 7) is 2.53. The molecule has 1 spiro atoms. The Hall–Kier alpha value is -1.39. The number of amides is 1. The van der Waals surface area contributed by atoms with Gasteiger partial charge in [-0.3, -0.25) is 10.1 Å². The zero-order valence-electron chi connectivity index (χ0n) is 9.91. The van der Waals surface area contributed by atoms with Gasteiger partial charge < -0.3 is 10.6 Å². The van der Waals surface area contributed by atoms with Gasteiger partial charge in [-0.15, -0.1) is 0 Å². The highest BCUT2D eigenvalue weighted by Crippen LogP contribution is 2.20. The summed E-state index contributed by atoms with van der Waals surface area (Å²) in [7, 11) is 0. The predicted molar refractivity (Wildman–Crippen MR) is 67.4 cm³/mol. The quantitative estimate of drug-likeness (QED) is 0.610. The summed E-state index contributed by atoms with van der Waals surface area (Å²) >= 11 is 0. The summed E-state index contributed by atoms with van der Waals surface area (Å²) in [5, 5.41) is 9.26. The first-order chi connectivity index (χ1) is 8.33. The zero-order valence-corrected chi connectivity index (χ0v) is 9.91. The van der Waals surface area contributed by atoms with Crippen LogP contribution in [0.25, 0.3) is 0 Å². The van der Waals surface area contributed by atoms with E-state index in [9.17, 15) is 4.79 Å². The molecule has 0 aliphatic carbocycles. The molecule has 3 rings (SSSR count). The van der Waals surface area contributed by atoms with Gasteiger partial charge in [0.15, 0.2) is 0 Å². The first kappa shape index (κ1) is 12.1. The number of benzene rings is 1.